The van der Waals surface area contributed by atoms with Crippen molar-refractivity contribution in [1.82, 2.24) is 0 Å². The second-order valence-electron chi connectivity index (χ2n) is 10.5. The van der Waals surface area contributed by atoms with Gasteiger partial charge in [0.15, 0.2) is 0 Å². The van der Waals surface area contributed by atoms with Gasteiger partial charge in [-0.15, -0.1) is 11.3 Å². The number of nitrogens with zero attached hydrogens (tertiary/aromatic N) is 1. The molecule has 8 rings (SSSR count). The molecule has 1 aromatic heterocycles. The molecule has 0 fully saturated rings. The highest BCUT2D eigenvalue weighted by Gasteiger charge is 2.21. The fourth-order valence-electron chi connectivity index (χ4n) is 6.18. The van der Waals surface area contributed by atoms with Gasteiger partial charge in [-0.05, 0) is 81.7 Å². The molecule has 0 aliphatic rings. The Balaban J connectivity index is 1.46. The molecule has 42 heavy (non-hydrogen) atoms. The smallest absolute Gasteiger partial charge is 0.119 e. The molecule has 7 aromatic carbocycles. The molecule has 0 saturated heterocycles. The van der Waals surface area contributed by atoms with Gasteiger partial charge in [-0.2, -0.15) is 0 Å². The SMILES string of the molecule is COc1ccc(N(c2ccc3sc4ccccc4c3c2)c2ccc3ccccc3c2-c2cccc3ccccc23)cc1. The van der Waals surface area contributed by atoms with Crippen LogP contribution in [0.5, 0.6) is 5.75 Å². The van der Waals surface area contributed by atoms with Gasteiger partial charge in [-0.1, -0.05) is 91.0 Å². The van der Waals surface area contributed by atoms with E-state index in [0.717, 1.165) is 22.8 Å². The Kier molecular flexibility index (Phi) is 5.90. The molecule has 2 nitrogen and oxygen atoms in total. The van der Waals surface area contributed by atoms with E-state index in [9.17, 15) is 0 Å². The van der Waals surface area contributed by atoms with Crippen molar-refractivity contribution in [3.05, 3.63) is 146 Å². The first-order valence-corrected chi connectivity index (χ1v) is 15.0. The van der Waals surface area contributed by atoms with Crippen LogP contribution in [0.3, 0.4) is 0 Å². The first kappa shape index (κ1) is 24.7. The van der Waals surface area contributed by atoms with Gasteiger partial charge in [0, 0.05) is 37.1 Å². The van der Waals surface area contributed by atoms with Crippen LogP contribution in [0.15, 0.2) is 146 Å². The van der Waals surface area contributed by atoms with Crippen molar-refractivity contribution in [1.29, 1.82) is 0 Å². The highest BCUT2D eigenvalue weighted by Crippen LogP contribution is 2.47. The molecule has 1 heterocycles. The summed E-state index contributed by atoms with van der Waals surface area (Å²) in [6.45, 7) is 0. The fraction of sp³-hybridized carbons (Fsp3) is 0.0256. The van der Waals surface area contributed by atoms with E-state index in [0.29, 0.717) is 0 Å². The number of hydrogen-bond donors (Lipinski definition) is 0. The second kappa shape index (κ2) is 10.1. The highest BCUT2D eigenvalue weighted by molar-refractivity contribution is 7.25. The standard InChI is InChI=1S/C39H27NOS/c1-41-30-21-18-28(19-22-30)40(29-20-24-38-35(25-29)33-14-6-7-16-37(33)42-38)36-23-17-27-10-3-5-13-32(27)39(36)34-15-8-11-26-9-2-4-12-31(26)34/h2-25H,1H3. The first-order chi connectivity index (χ1) is 20.8. The van der Waals surface area contributed by atoms with Crippen LogP contribution in [0.1, 0.15) is 0 Å². The zero-order valence-corrected chi connectivity index (χ0v) is 23.9. The summed E-state index contributed by atoms with van der Waals surface area (Å²) >= 11 is 1.85. The lowest BCUT2D eigenvalue weighted by Crippen LogP contribution is -2.11. The lowest BCUT2D eigenvalue weighted by Gasteiger charge is -2.29. The van der Waals surface area contributed by atoms with Gasteiger partial charge in [0.2, 0.25) is 0 Å². The van der Waals surface area contributed by atoms with Crippen molar-refractivity contribution in [3.8, 4) is 16.9 Å². The Bertz CT molecular complexity index is 2240. The third kappa shape index (κ3) is 4.01. The molecule has 0 aliphatic heterocycles. The molecule has 8 aromatic rings. The lowest BCUT2D eigenvalue weighted by molar-refractivity contribution is 0.415. The van der Waals surface area contributed by atoms with Gasteiger partial charge in [-0.25, -0.2) is 0 Å². The molecule has 0 amide bonds. The van der Waals surface area contributed by atoms with Crippen LogP contribution in [0.25, 0.3) is 52.8 Å². The minimum absolute atomic E-state index is 0.839. The van der Waals surface area contributed by atoms with Crippen LogP contribution < -0.4 is 9.64 Å². The first-order valence-electron chi connectivity index (χ1n) is 14.1. The summed E-state index contributed by atoms with van der Waals surface area (Å²) in [5.41, 5.74) is 5.77. The Morgan fingerprint density at radius 1 is 0.500 bits per heavy atom. The van der Waals surface area contributed by atoms with E-state index in [1.54, 1.807) is 7.11 Å². The van der Waals surface area contributed by atoms with Gasteiger partial charge in [-0.3, -0.25) is 0 Å². The predicted molar refractivity (Wildman–Crippen MR) is 181 cm³/mol. The van der Waals surface area contributed by atoms with Crippen molar-refractivity contribution < 1.29 is 4.74 Å². The molecule has 0 bridgehead atoms. The molecule has 0 N–H and O–H groups in total. The Labute approximate surface area is 248 Å². The van der Waals surface area contributed by atoms with Crippen LogP contribution in [0.2, 0.25) is 0 Å². The van der Waals surface area contributed by atoms with Gasteiger partial charge in [0.05, 0.1) is 12.8 Å². The van der Waals surface area contributed by atoms with Gasteiger partial charge in [0.1, 0.15) is 5.75 Å². The average molecular weight is 558 g/mol. The maximum Gasteiger partial charge on any atom is 0.119 e. The molecule has 0 radical (unpaired) electrons. The van der Waals surface area contributed by atoms with Crippen LogP contribution >= 0.6 is 11.3 Å². The van der Waals surface area contributed by atoms with E-state index in [1.807, 2.05) is 23.5 Å². The van der Waals surface area contributed by atoms with Crippen molar-refractivity contribution >= 4 is 70.1 Å². The number of benzene rings is 7. The number of rotatable bonds is 5. The van der Waals surface area contributed by atoms with E-state index >= 15 is 0 Å². The molecular weight excluding hydrogens is 531 g/mol. The third-order valence-electron chi connectivity index (χ3n) is 8.16. The molecule has 0 saturated carbocycles. The lowest BCUT2D eigenvalue weighted by atomic mass is 9.91. The van der Waals surface area contributed by atoms with E-state index < -0.39 is 0 Å². The number of thiophene rings is 1. The summed E-state index contributed by atoms with van der Waals surface area (Å²) in [6.07, 6.45) is 0. The van der Waals surface area contributed by atoms with E-state index in [-0.39, 0.29) is 0 Å². The molecular formula is C39H27NOS. The highest BCUT2D eigenvalue weighted by atomic mass is 32.1. The van der Waals surface area contributed by atoms with Crippen molar-refractivity contribution in [3.63, 3.8) is 0 Å². The Morgan fingerprint density at radius 3 is 1.95 bits per heavy atom. The summed E-state index contributed by atoms with van der Waals surface area (Å²) in [7, 11) is 1.71. The Morgan fingerprint density at radius 2 is 1.14 bits per heavy atom. The second-order valence-corrected chi connectivity index (χ2v) is 11.6. The zero-order valence-electron chi connectivity index (χ0n) is 23.1. The number of hydrogen-bond acceptors (Lipinski definition) is 3. The van der Waals surface area contributed by atoms with Gasteiger partial charge >= 0.3 is 0 Å². The minimum Gasteiger partial charge on any atom is -0.497 e. The molecule has 0 spiro atoms. The summed E-state index contributed by atoms with van der Waals surface area (Å²) in [4.78, 5) is 2.40. The third-order valence-corrected chi connectivity index (χ3v) is 9.31. The number of fused-ring (bicyclic) bond motifs is 5. The van der Waals surface area contributed by atoms with E-state index in [2.05, 4.69) is 138 Å². The van der Waals surface area contributed by atoms with Crippen LogP contribution in [-0.4, -0.2) is 7.11 Å². The maximum atomic E-state index is 5.54. The number of anilines is 3. The quantitative estimate of drug-likeness (QED) is 0.209. The summed E-state index contributed by atoms with van der Waals surface area (Å²) < 4.78 is 8.14. The van der Waals surface area contributed by atoms with E-state index in [1.165, 1.54) is 52.8 Å². The minimum atomic E-state index is 0.839. The summed E-state index contributed by atoms with van der Waals surface area (Å²) in [5, 5.41) is 7.49. The topological polar surface area (TPSA) is 12.5 Å². The molecule has 0 aliphatic carbocycles. The van der Waals surface area contributed by atoms with Crippen molar-refractivity contribution in [2.75, 3.05) is 12.0 Å². The summed E-state index contributed by atoms with van der Waals surface area (Å²) in [5.74, 6) is 0.839. The van der Waals surface area contributed by atoms with Gasteiger partial charge in [0.25, 0.3) is 0 Å². The van der Waals surface area contributed by atoms with Crippen LogP contribution in [0, 0.1) is 0 Å². The van der Waals surface area contributed by atoms with E-state index in [4.69, 9.17) is 4.74 Å². The fourth-order valence-corrected chi connectivity index (χ4v) is 7.27. The average Bonchev–Trinajstić information content (AvgIpc) is 3.43. The number of methoxy groups -OCH3 is 1. The van der Waals surface area contributed by atoms with Crippen LogP contribution in [0.4, 0.5) is 17.1 Å². The maximum absolute atomic E-state index is 5.54. The molecule has 0 atom stereocenters. The van der Waals surface area contributed by atoms with Crippen molar-refractivity contribution in [2.24, 2.45) is 0 Å². The summed E-state index contributed by atoms with van der Waals surface area (Å²) in [6, 6.07) is 52.5. The zero-order chi connectivity index (χ0) is 28.0. The van der Waals surface area contributed by atoms with Gasteiger partial charge < -0.3 is 9.64 Å². The van der Waals surface area contributed by atoms with Crippen molar-refractivity contribution in [2.45, 2.75) is 0 Å². The molecule has 0 unspecified atom stereocenters. The number of ether oxygens (including phenoxy) is 1. The predicted octanol–water partition coefficient (Wildman–Crippen LogP) is 11.5. The monoisotopic (exact) mass is 557 g/mol. The largest absolute Gasteiger partial charge is 0.497 e. The van der Waals surface area contributed by atoms with Crippen LogP contribution in [-0.2, 0) is 0 Å². The molecule has 3 heteroatoms. The Hall–Kier alpha value is -5.12. The normalized spacial score (nSPS) is 11.5. The molecule has 200 valence electrons.